The number of fused-ring (bicyclic) bond motifs is 10. The van der Waals surface area contributed by atoms with Crippen LogP contribution < -0.4 is 0 Å². The summed E-state index contributed by atoms with van der Waals surface area (Å²) in [5, 5.41) is 10.1. The van der Waals surface area contributed by atoms with Gasteiger partial charge in [-0.25, -0.2) is 9.97 Å². The van der Waals surface area contributed by atoms with E-state index in [9.17, 15) is 5.26 Å². The summed E-state index contributed by atoms with van der Waals surface area (Å²) in [6.07, 6.45) is 0. The van der Waals surface area contributed by atoms with Crippen molar-refractivity contribution in [3.63, 3.8) is 0 Å². The molecule has 51 heavy (non-hydrogen) atoms. The Balaban J connectivity index is 1.22. The third-order valence-corrected chi connectivity index (χ3v) is 10.6. The van der Waals surface area contributed by atoms with Crippen molar-refractivity contribution in [2.24, 2.45) is 0 Å². The van der Waals surface area contributed by atoms with Crippen LogP contribution in [0.15, 0.2) is 176 Å². The van der Waals surface area contributed by atoms with Gasteiger partial charge in [-0.05, 0) is 79.9 Å². The molecule has 236 valence electrons. The molecule has 0 aliphatic heterocycles. The van der Waals surface area contributed by atoms with Gasteiger partial charge >= 0.3 is 0 Å². The van der Waals surface area contributed by atoms with Crippen molar-refractivity contribution in [1.82, 2.24) is 9.97 Å². The fraction of sp³-hybridized carbons (Fsp3) is 0.0208. The zero-order valence-electron chi connectivity index (χ0n) is 27.6. The standard InChI is InChI=1S/C48H29N3/c49-30-31-23-25-38-39-26-24-34(28-44(39)48(43(38)27-31)41-21-11-9-18-36(41)37-19-10-12-22-42(37)48)35-17-7-8-20-40(35)46-29-45(32-13-3-1-4-14-32)50-47(51-46)33-15-5-2-6-16-33/h1-29H. The first kappa shape index (κ1) is 29.1. The van der Waals surface area contributed by atoms with Gasteiger partial charge in [-0.1, -0.05) is 152 Å². The van der Waals surface area contributed by atoms with Crippen LogP contribution in [0, 0.1) is 11.3 Å². The zero-order valence-corrected chi connectivity index (χ0v) is 27.6. The van der Waals surface area contributed by atoms with Crippen LogP contribution in [0.4, 0.5) is 0 Å². The molecule has 1 aromatic heterocycles. The van der Waals surface area contributed by atoms with E-state index in [-0.39, 0.29) is 0 Å². The molecular formula is C48H29N3. The van der Waals surface area contributed by atoms with E-state index in [1.165, 1.54) is 38.9 Å². The summed E-state index contributed by atoms with van der Waals surface area (Å²) in [6, 6.07) is 64.2. The van der Waals surface area contributed by atoms with Crippen LogP contribution in [-0.4, -0.2) is 9.97 Å². The Morgan fingerprint density at radius 2 is 0.882 bits per heavy atom. The predicted octanol–water partition coefficient (Wildman–Crippen LogP) is 11.4. The van der Waals surface area contributed by atoms with Crippen LogP contribution in [0.3, 0.4) is 0 Å². The van der Waals surface area contributed by atoms with Gasteiger partial charge in [0.25, 0.3) is 0 Å². The van der Waals surface area contributed by atoms with Gasteiger partial charge < -0.3 is 0 Å². The van der Waals surface area contributed by atoms with Crippen molar-refractivity contribution in [2.75, 3.05) is 0 Å². The minimum Gasteiger partial charge on any atom is -0.228 e. The molecule has 2 aliphatic rings. The first-order valence-corrected chi connectivity index (χ1v) is 17.2. The van der Waals surface area contributed by atoms with Crippen LogP contribution in [0.25, 0.3) is 67.3 Å². The summed E-state index contributed by atoms with van der Waals surface area (Å²) in [4.78, 5) is 10.2. The molecular weight excluding hydrogens is 619 g/mol. The maximum atomic E-state index is 10.1. The molecule has 7 aromatic carbocycles. The Morgan fingerprint density at radius 1 is 0.373 bits per heavy atom. The first-order valence-electron chi connectivity index (χ1n) is 17.2. The third-order valence-electron chi connectivity index (χ3n) is 10.6. The summed E-state index contributed by atoms with van der Waals surface area (Å²) >= 11 is 0. The van der Waals surface area contributed by atoms with E-state index in [2.05, 4.69) is 140 Å². The first-order chi connectivity index (χ1) is 25.2. The van der Waals surface area contributed by atoms with Crippen LogP contribution in [0.1, 0.15) is 27.8 Å². The van der Waals surface area contributed by atoms with Crippen LogP contribution in [-0.2, 0) is 5.41 Å². The molecule has 0 fully saturated rings. The van der Waals surface area contributed by atoms with Gasteiger partial charge in [-0.2, -0.15) is 5.26 Å². The summed E-state index contributed by atoms with van der Waals surface area (Å²) in [5.74, 6) is 0.692. The molecule has 1 spiro atoms. The van der Waals surface area contributed by atoms with Gasteiger partial charge in [0.15, 0.2) is 5.82 Å². The highest BCUT2D eigenvalue weighted by atomic mass is 14.9. The quantitative estimate of drug-likeness (QED) is 0.191. The van der Waals surface area contributed by atoms with E-state index in [0.717, 1.165) is 44.8 Å². The minimum atomic E-state index is -0.550. The highest BCUT2D eigenvalue weighted by Gasteiger charge is 2.51. The van der Waals surface area contributed by atoms with Gasteiger partial charge in [-0.15, -0.1) is 0 Å². The number of hydrogen-bond acceptors (Lipinski definition) is 3. The van der Waals surface area contributed by atoms with Crippen molar-refractivity contribution < 1.29 is 0 Å². The zero-order chi connectivity index (χ0) is 33.9. The van der Waals surface area contributed by atoms with Crippen molar-refractivity contribution in [3.05, 3.63) is 204 Å². The van der Waals surface area contributed by atoms with E-state index in [0.29, 0.717) is 11.4 Å². The highest BCUT2D eigenvalue weighted by molar-refractivity contribution is 5.97. The number of rotatable bonds is 4. The summed E-state index contributed by atoms with van der Waals surface area (Å²) in [7, 11) is 0. The number of benzene rings is 7. The Kier molecular flexibility index (Phi) is 6.46. The van der Waals surface area contributed by atoms with Gasteiger partial charge in [0.05, 0.1) is 28.4 Å². The molecule has 3 heteroatoms. The summed E-state index contributed by atoms with van der Waals surface area (Å²) in [6.45, 7) is 0. The van der Waals surface area contributed by atoms with Crippen LogP contribution in [0.5, 0.6) is 0 Å². The van der Waals surface area contributed by atoms with E-state index in [4.69, 9.17) is 9.97 Å². The Morgan fingerprint density at radius 3 is 1.55 bits per heavy atom. The van der Waals surface area contributed by atoms with Gasteiger partial charge in [0.1, 0.15) is 0 Å². The lowest BCUT2D eigenvalue weighted by Crippen LogP contribution is -2.26. The Bertz CT molecular complexity index is 2600. The second kappa shape index (κ2) is 11.3. The van der Waals surface area contributed by atoms with E-state index in [1.54, 1.807) is 0 Å². The molecule has 0 unspecified atom stereocenters. The van der Waals surface area contributed by atoms with E-state index >= 15 is 0 Å². The van der Waals surface area contributed by atoms with Crippen LogP contribution in [0.2, 0.25) is 0 Å². The molecule has 2 aliphatic carbocycles. The fourth-order valence-electron chi connectivity index (χ4n) is 8.39. The summed E-state index contributed by atoms with van der Waals surface area (Å²) < 4.78 is 0. The molecule has 0 amide bonds. The molecule has 0 bridgehead atoms. The van der Waals surface area contributed by atoms with Gasteiger partial charge in [0, 0.05) is 16.7 Å². The average molecular weight is 648 g/mol. The number of aromatic nitrogens is 2. The largest absolute Gasteiger partial charge is 0.228 e. The molecule has 1 heterocycles. The molecule has 0 radical (unpaired) electrons. The maximum Gasteiger partial charge on any atom is 0.160 e. The molecule has 8 aromatic rings. The molecule has 0 N–H and O–H groups in total. The topological polar surface area (TPSA) is 49.6 Å². The monoisotopic (exact) mass is 647 g/mol. The molecule has 3 nitrogen and oxygen atoms in total. The van der Waals surface area contributed by atoms with E-state index in [1.807, 2.05) is 42.5 Å². The summed E-state index contributed by atoms with van der Waals surface area (Å²) in [5.41, 5.74) is 16.9. The fourth-order valence-corrected chi connectivity index (χ4v) is 8.39. The van der Waals surface area contributed by atoms with Gasteiger partial charge in [-0.3, -0.25) is 0 Å². The Hall–Kier alpha value is -6.89. The second-order valence-electron chi connectivity index (χ2n) is 13.2. The second-order valence-corrected chi connectivity index (χ2v) is 13.2. The van der Waals surface area contributed by atoms with Crippen LogP contribution >= 0.6 is 0 Å². The lowest BCUT2D eigenvalue weighted by atomic mass is 9.70. The maximum absolute atomic E-state index is 10.1. The normalized spacial score (nSPS) is 12.8. The predicted molar refractivity (Wildman–Crippen MR) is 205 cm³/mol. The van der Waals surface area contributed by atoms with Crippen molar-refractivity contribution >= 4 is 0 Å². The minimum absolute atomic E-state index is 0.550. The smallest absolute Gasteiger partial charge is 0.160 e. The lowest BCUT2D eigenvalue weighted by molar-refractivity contribution is 0.793. The highest BCUT2D eigenvalue weighted by Crippen LogP contribution is 2.63. The number of nitriles is 1. The SMILES string of the molecule is N#Cc1ccc2c(c1)C1(c3ccccc3-c3ccccc31)c1cc(-c3ccccc3-c3cc(-c4ccccc4)nc(-c4ccccc4)n3)ccc1-2. The number of hydrogen-bond donors (Lipinski definition) is 0. The van der Waals surface area contributed by atoms with Crippen molar-refractivity contribution in [1.29, 1.82) is 5.26 Å². The molecule has 0 saturated heterocycles. The lowest BCUT2D eigenvalue weighted by Gasteiger charge is -2.31. The molecule has 0 saturated carbocycles. The molecule has 0 atom stereocenters. The Labute approximate surface area is 296 Å². The van der Waals surface area contributed by atoms with Crippen molar-refractivity contribution in [3.8, 4) is 73.4 Å². The van der Waals surface area contributed by atoms with Gasteiger partial charge in [0.2, 0.25) is 0 Å². The van der Waals surface area contributed by atoms with Crippen molar-refractivity contribution in [2.45, 2.75) is 5.41 Å². The van der Waals surface area contributed by atoms with E-state index < -0.39 is 5.41 Å². The number of nitrogens with zero attached hydrogens (tertiary/aromatic N) is 3. The molecule has 10 rings (SSSR count). The third kappa shape index (κ3) is 4.30. The average Bonchev–Trinajstić information content (AvgIpc) is 3.68.